The van der Waals surface area contributed by atoms with Crippen LogP contribution in [0.25, 0.3) is 0 Å². The highest BCUT2D eigenvalue weighted by molar-refractivity contribution is 5.97. The Kier molecular flexibility index (Phi) is 15.4. The third kappa shape index (κ3) is 10.8. The SMILES string of the molecule is CNCCC(=O)N[C@@H](C)C(=O)N[C@@H](CO)C(=O)N1CCC[C@H]1C(=O)N[C@@H](C)C(=O)N[C@@H](C)C(=O)N1CCC[C@H]1C(=O)NCC(=O)N1CCCC1. The fraction of sp³-hybridized carbons (Fsp3) is 0.750. The molecule has 0 aromatic carbocycles. The third-order valence-corrected chi connectivity index (χ3v) is 9.20. The first-order valence-corrected chi connectivity index (χ1v) is 17.4. The van der Waals surface area contributed by atoms with E-state index in [-0.39, 0.29) is 37.7 Å². The Morgan fingerprint density at radius 1 is 0.680 bits per heavy atom. The Balaban J connectivity index is 1.49. The molecule has 0 spiro atoms. The molecular weight excluding hydrogens is 654 g/mol. The number of nitrogens with zero attached hydrogens (tertiary/aromatic N) is 3. The number of hydrogen-bond donors (Lipinski definition) is 7. The lowest BCUT2D eigenvalue weighted by atomic mass is 10.1. The topological polar surface area (TPSA) is 239 Å². The van der Waals surface area contributed by atoms with E-state index < -0.39 is 78.3 Å². The smallest absolute Gasteiger partial charge is 0.248 e. The van der Waals surface area contributed by atoms with Crippen LogP contribution < -0.4 is 31.9 Å². The first-order valence-electron chi connectivity index (χ1n) is 17.4. The summed E-state index contributed by atoms with van der Waals surface area (Å²) in [6.07, 6.45) is 3.77. The molecule has 8 amide bonds. The molecule has 18 heteroatoms. The van der Waals surface area contributed by atoms with Crippen molar-refractivity contribution in [2.24, 2.45) is 0 Å². The van der Waals surface area contributed by atoms with Gasteiger partial charge in [-0.1, -0.05) is 0 Å². The van der Waals surface area contributed by atoms with Crippen molar-refractivity contribution in [2.75, 3.05) is 52.9 Å². The van der Waals surface area contributed by atoms with Gasteiger partial charge in [-0.15, -0.1) is 0 Å². The summed E-state index contributed by atoms with van der Waals surface area (Å²) < 4.78 is 0. The van der Waals surface area contributed by atoms with Gasteiger partial charge in [-0.05, 0) is 66.3 Å². The molecule has 3 aliphatic heterocycles. The number of hydrogen-bond acceptors (Lipinski definition) is 10. The van der Waals surface area contributed by atoms with Crippen LogP contribution in [0.1, 0.15) is 65.7 Å². The number of amides is 8. The fourth-order valence-electron chi connectivity index (χ4n) is 6.29. The van der Waals surface area contributed by atoms with Crippen molar-refractivity contribution in [1.82, 2.24) is 46.6 Å². The van der Waals surface area contributed by atoms with Gasteiger partial charge in [0.15, 0.2) is 0 Å². The van der Waals surface area contributed by atoms with Crippen LogP contribution in [0.3, 0.4) is 0 Å². The molecule has 3 rings (SSSR count). The molecule has 0 saturated carbocycles. The van der Waals surface area contributed by atoms with Crippen LogP contribution in [0.15, 0.2) is 0 Å². The summed E-state index contributed by atoms with van der Waals surface area (Å²) >= 11 is 0. The molecule has 0 unspecified atom stereocenters. The molecule has 3 saturated heterocycles. The zero-order chi connectivity index (χ0) is 37.0. The van der Waals surface area contributed by atoms with Crippen molar-refractivity contribution in [3.05, 3.63) is 0 Å². The van der Waals surface area contributed by atoms with Gasteiger partial charge in [-0.3, -0.25) is 38.4 Å². The lowest BCUT2D eigenvalue weighted by Crippen LogP contribution is -2.59. The summed E-state index contributed by atoms with van der Waals surface area (Å²) in [4.78, 5) is 107. The number of nitrogens with one attached hydrogen (secondary N) is 6. The van der Waals surface area contributed by atoms with Crippen molar-refractivity contribution >= 4 is 47.3 Å². The summed E-state index contributed by atoms with van der Waals surface area (Å²) in [5, 5.41) is 25.5. The maximum atomic E-state index is 13.3. The molecule has 50 heavy (non-hydrogen) atoms. The molecule has 0 bridgehead atoms. The quantitative estimate of drug-likeness (QED) is 0.0829. The van der Waals surface area contributed by atoms with E-state index in [1.54, 1.807) is 11.9 Å². The van der Waals surface area contributed by atoms with Crippen LogP contribution in [0.2, 0.25) is 0 Å². The lowest BCUT2D eigenvalue weighted by Gasteiger charge is -2.30. The molecule has 3 aliphatic rings. The minimum atomic E-state index is -1.36. The Labute approximate surface area is 292 Å². The molecule has 7 N–H and O–H groups in total. The van der Waals surface area contributed by atoms with Crippen molar-refractivity contribution < 1.29 is 43.5 Å². The minimum absolute atomic E-state index is 0.142. The fourth-order valence-corrected chi connectivity index (χ4v) is 6.29. The summed E-state index contributed by atoms with van der Waals surface area (Å²) in [5.74, 6) is -4.08. The van der Waals surface area contributed by atoms with Gasteiger partial charge >= 0.3 is 0 Å². The van der Waals surface area contributed by atoms with Gasteiger partial charge < -0.3 is 51.7 Å². The zero-order valence-electron chi connectivity index (χ0n) is 29.4. The monoisotopic (exact) mass is 707 g/mol. The highest BCUT2D eigenvalue weighted by Gasteiger charge is 2.40. The normalized spacial score (nSPS) is 21.1. The van der Waals surface area contributed by atoms with E-state index in [2.05, 4.69) is 31.9 Å². The number of carbonyl (C=O) groups is 8. The summed E-state index contributed by atoms with van der Waals surface area (Å²) in [6.45, 7) is 5.72. The Hall–Kier alpha value is -4.32. The third-order valence-electron chi connectivity index (χ3n) is 9.20. The number of carbonyl (C=O) groups excluding carboxylic acids is 8. The second kappa shape index (κ2) is 19.2. The Morgan fingerprint density at radius 2 is 1.24 bits per heavy atom. The van der Waals surface area contributed by atoms with Crippen LogP contribution >= 0.6 is 0 Å². The summed E-state index contributed by atoms with van der Waals surface area (Å²) in [7, 11) is 1.68. The van der Waals surface area contributed by atoms with Crippen LogP contribution in [0.5, 0.6) is 0 Å². The lowest BCUT2D eigenvalue weighted by molar-refractivity contribution is -0.143. The molecule has 3 heterocycles. The standard InChI is InChI=1S/C32H53N9O9/c1-19(35-25(43)11-12-33-4)28(46)38-22(18-42)32(50)41-16-8-10-24(41)30(48)36-20(2)27(45)37-21(3)31(49)40-15-7-9-23(40)29(47)34-17-26(44)39-13-5-6-14-39/h19-24,33,42H,5-18H2,1-4H3,(H,34,47)(H,35,43)(H,36,48)(H,37,45)(H,38,46)/t19-,20-,21-,22-,23-,24-/m0/s1. The molecule has 0 aliphatic carbocycles. The number of aliphatic hydroxyl groups excluding tert-OH is 1. The van der Waals surface area contributed by atoms with Gasteiger partial charge in [0, 0.05) is 39.1 Å². The molecule has 6 atom stereocenters. The van der Waals surface area contributed by atoms with Crippen LogP contribution in [-0.4, -0.2) is 156 Å². The van der Waals surface area contributed by atoms with Crippen molar-refractivity contribution in [1.29, 1.82) is 0 Å². The molecule has 0 radical (unpaired) electrons. The summed E-state index contributed by atoms with van der Waals surface area (Å²) in [6, 6.07) is -6.18. The van der Waals surface area contributed by atoms with E-state index in [0.29, 0.717) is 45.4 Å². The second-order valence-corrected chi connectivity index (χ2v) is 13.0. The molecule has 0 aromatic rings. The van der Waals surface area contributed by atoms with E-state index in [9.17, 15) is 43.5 Å². The van der Waals surface area contributed by atoms with Gasteiger partial charge in [-0.2, -0.15) is 0 Å². The van der Waals surface area contributed by atoms with Gasteiger partial charge in [0.25, 0.3) is 0 Å². The molecule has 18 nitrogen and oxygen atoms in total. The first-order chi connectivity index (χ1) is 23.8. The van der Waals surface area contributed by atoms with Gasteiger partial charge in [-0.25, -0.2) is 0 Å². The minimum Gasteiger partial charge on any atom is -0.394 e. The van der Waals surface area contributed by atoms with Gasteiger partial charge in [0.1, 0.15) is 36.3 Å². The number of likely N-dealkylation sites (tertiary alicyclic amines) is 3. The van der Waals surface area contributed by atoms with Crippen LogP contribution in [0.4, 0.5) is 0 Å². The van der Waals surface area contributed by atoms with E-state index in [1.165, 1.54) is 30.6 Å². The predicted octanol–water partition coefficient (Wildman–Crippen LogP) is -3.69. The Bertz CT molecular complexity index is 1280. The first kappa shape index (κ1) is 40.1. The van der Waals surface area contributed by atoms with Crippen molar-refractivity contribution in [3.8, 4) is 0 Å². The number of rotatable bonds is 16. The summed E-state index contributed by atoms with van der Waals surface area (Å²) in [5.41, 5.74) is 0. The molecular formula is C32H53N9O9. The van der Waals surface area contributed by atoms with Crippen LogP contribution in [-0.2, 0) is 38.4 Å². The second-order valence-electron chi connectivity index (χ2n) is 13.0. The number of aliphatic hydroxyl groups is 1. The highest BCUT2D eigenvalue weighted by atomic mass is 16.3. The predicted molar refractivity (Wildman–Crippen MR) is 179 cm³/mol. The largest absolute Gasteiger partial charge is 0.394 e. The maximum absolute atomic E-state index is 13.3. The molecule has 3 fully saturated rings. The highest BCUT2D eigenvalue weighted by Crippen LogP contribution is 2.20. The maximum Gasteiger partial charge on any atom is 0.248 e. The van der Waals surface area contributed by atoms with Gasteiger partial charge in [0.05, 0.1) is 13.2 Å². The average molecular weight is 708 g/mol. The molecule has 0 aromatic heterocycles. The van der Waals surface area contributed by atoms with E-state index in [4.69, 9.17) is 0 Å². The molecule has 280 valence electrons. The van der Waals surface area contributed by atoms with E-state index in [1.807, 2.05) is 0 Å². The van der Waals surface area contributed by atoms with E-state index in [0.717, 1.165) is 12.8 Å². The average Bonchev–Trinajstić information content (AvgIpc) is 3.90. The van der Waals surface area contributed by atoms with Crippen LogP contribution in [0, 0.1) is 0 Å². The van der Waals surface area contributed by atoms with Crippen molar-refractivity contribution in [2.45, 2.75) is 102 Å². The van der Waals surface area contributed by atoms with E-state index >= 15 is 0 Å². The van der Waals surface area contributed by atoms with Gasteiger partial charge in [0.2, 0.25) is 47.3 Å². The zero-order valence-corrected chi connectivity index (χ0v) is 29.4. The Morgan fingerprint density at radius 3 is 1.84 bits per heavy atom. The van der Waals surface area contributed by atoms with Crippen molar-refractivity contribution in [3.63, 3.8) is 0 Å².